The van der Waals surface area contributed by atoms with E-state index in [0.717, 1.165) is 16.5 Å². The van der Waals surface area contributed by atoms with Crippen molar-refractivity contribution in [2.45, 2.75) is 0 Å². The van der Waals surface area contributed by atoms with Gasteiger partial charge in [-0.05, 0) is 12.1 Å². The molecule has 0 saturated heterocycles. The lowest BCUT2D eigenvalue weighted by Crippen LogP contribution is -2.00. The molecule has 0 fully saturated rings. The minimum absolute atomic E-state index is 0.583. The Balaban J connectivity index is 2.28. The molecule has 1 aromatic carbocycles. The van der Waals surface area contributed by atoms with E-state index < -0.39 is 0 Å². The molecule has 0 amide bonds. The van der Waals surface area contributed by atoms with E-state index in [-0.39, 0.29) is 0 Å². The summed E-state index contributed by atoms with van der Waals surface area (Å²) in [6.45, 7) is 0. The Kier molecular flexibility index (Phi) is 2.23. The minimum Gasteiger partial charge on any atom is -0.396 e. The maximum atomic E-state index is 6.13. The van der Waals surface area contributed by atoms with Gasteiger partial charge in [-0.1, -0.05) is 17.7 Å². The third-order valence-electron chi connectivity index (χ3n) is 2.64. The molecule has 0 atom stereocenters. The van der Waals surface area contributed by atoms with E-state index >= 15 is 0 Å². The van der Waals surface area contributed by atoms with Crippen molar-refractivity contribution in [1.82, 2.24) is 14.8 Å². The van der Waals surface area contributed by atoms with Gasteiger partial charge in [-0.3, -0.25) is 4.98 Å². The molecule has 0 aliphatic heterocycles. The Morgan fingerprint density at radius 3 is 2.82 bits per heavy atom. The second kappa shape index (κ2) is 3.75. The molecule has 5 heteroatoms. The summed E-state index contributed by atoms with van der Waals surface area (Å²) in [4.78, 5) is 4.06. The standard InChI is InChI=1S/C12H9ClN4/c13-9-6-16-17(7-9)11-2-1-8-5-15-4-3-10(8)12(11)14/h1-7H,14H2. The zero-order chi connectivity index (χ0) is 11.8. The van der Waals surface area contributed by atoms with E-state index in [9.17, 15) is 0 Å². The first-order valence-electron chi connectivity index (χ1n) is 5.08. The van der Waals surface area contributed by atoms with Crippen LogP contribution in [0.1, 0.15) is 0 Å². The number of pyridine rings is 1. The lowest BCUT2D eigenvalue weighted by molar-refractivity contribution is 0.884. The number of nitrogens with zero attached hydrogens (tertiary/aromatic N) is 3. The van der Waals surface area contributed by atoms with E-state index in [0.29, 0.717) is 10.7 Å². The molecule has 17 heavy (non-hydrogen) atoms. The van der Waals surface area contributed by atoms with Gasteiger partial charge in [0.05, 0.1) is 22.6 Å². The van der Waals surface area contributed by atoms with Crippen molar-refractivity contribution in [3.8, 4) is 5.69 Å². The Morgan fingerprint density at radius 1 is 1.18 bits per heavy atom. The smallest absolute Gasteiger partial charge is 0.0882 e. The Morgan fingerprint density at radius 2 is 2.06 bits per heavy atom. The van der Waals surface area contributed by atoms with Crippen LogP contribution in [0.15, 0.2) is 43.0 Å². The molecule has 0 aliphatic rings. The highest BCUT2D eigenvalue weighted by molar-refractivity contribution is 6.30. The Bertz CT molecular complexity index is 690. The lowest BCUT2D eigenvalue weighted by atomic mass is 10.1. The van der Waals surface area contributed by atoms with Crippen molar-refractivity contribution < 1.29 is 0 Å². The summed E-state index contributed by atoms with van der Waals surface area (Å²) in [5, 5.41) is 6.69. The number of anilines is 1. The third kappa shape index (κ3) is 1.62. The molecule has 2 heterocycles. The number of fused-ring (bicyclic) bond motifs is 1. The van der Waals surface area contributed by atoms with Gasteiger partial charge in [0.1, 0.15) is 0 Å². The first-order chi connectivity index (χ1) is 8.25. The monoisotopic (exact) mass is 244 g/mol. The van der Waals surface area contributed by atoms with Crippen molar-refractivity contribution in [2.75, 3.05) is 5.73 Å². The molecule has 0 unspecified atom stereocenters. The minimum atomic E-state index is 0.583. The summed E-state index contributed by atoms with van der Waals surface area (Å²) in [5.41, 5.74) is 7.61. The second-order valence-corrected chi connectivity index (χ2v) is 4.13. The number of hydrogen-bond donors (Lipinski definition) is 1. The summed E-state index contributed by atoms with van der Waals surface area (Å²) in [6, 6.07) is 5.76. The SMILES string of the molecule is Nc1c(-n2cc(Cl)cn2)ccc2cnccc12. The Hall–Kier alpha value is -2.07. The van der Waals surface area contributed by atoms with Crippen LogP contribution in [0.2, 0.25) is 5.02 Å². The predicted molar refractivity (Wildman–Crippen MR) is 68.3 cm³/mol. The topological polar surface area (TPSA) is 56.7 Å². The number of nitrogen functional groups attached to an aromatic ring is 1. The van der Waals surface area contributed by atoms with E-state index in [4.69, 9.17) is 17.3 Å². The summed E-state index contributed by atoms with van der Waals surface area (Å²) in [7, 11) is 0. The molecule has 3 rings (SSSR count). The molecule has 2 aromatic heterocycles. The summed E-state index contributed by atoms with van der Waals surface area (Å²) in [5.74, 6) is 0. The van der Waals surface area contributed by atoms with Gasteiger partial charge >= 0.3 is 0 Å². The first-order valence-corrected chi connectivity index (χ1v) is 5.46. The molecule has 4 nitrogen and oxygen atoms in total. The van der Waals surface area contributed by atoms with E-state index in [1.165, 1.54) is 0 Å². The molecule has 2 N–H and O–H groups in total. The zero-order valence-electron chi connectivity index (χ0n) is 8.84. The van der Waals surface area contributed by atoms with Gasteiger partial charge in [-0.2, -0.15) is 5.10 Å². The van der Waals surface area contributed by atoms with E-state index in [1.807, 2.05) is 18.2 Å². The maximum Gasteiger partial charge on any atom is 0.0882 e. The van der Waals surface area contributed by atoms with Gasteiger partial charge < -0.3 is 5.73 Å². The fourth-order valence-electron chi connectivity index (χ4n) is 1.81. The second-order valence-electron chi connectivity index (χ2n) is 3.70. The van der Waals surface area contributed by atoms with Crippen molar-refractivity contribution in [2.24, 2.45) is 0 Å². The Labute approximate surface area is 103 Å². The normalized spacial score (nSPS) is 10.9. The van der Waals surface area contributed by atoms with Crippen LogP contribution in [0.25, 0.3) is 16.5 Å². The fraction of sp³-hybridized carbons (Fsp3) is 0. The van der Waals surface area contributed by atoms with Crippen LogP contribution in [0, 0.1) is 0 Å². The molecule has 0 bridgehead atoms. The van der Waals surface area contributed by atoms with Crippen molar-refractivity contribution >= 4 is 28.1 Å². The predicted octanol–water partition coefficient (Wildman–Crippen LogP) is 2.66. The van der Waals surface area contributed by atoms with Crippen molar-refractivity contribution in [3.63, 3.8) is 0 Å². The number of aromatic nitrogens is 3. The highest BCUT2D eigenvalue weighted by atomic mass is 35.5. The fourth-order valence-corrected chi connectivity index (χ4v) is 1.95. The van der Waals surface area contributed by atoms with Crippen LogP contribution >= 0.6 is 11.6 Å². The number of nitrogens with two attached hydrogens (primary N) is 1. The van der Waals surface area contributed by atoms with Crippen LogP contribution in [-0.4, -0.2) is 14.8 Å². The molecule has 84 valence electrons. The molecule has 3 aromatic rings. The zero-order valence-corrected chi connectivity index (χ0v) is 9.59. The van der Waals surface area contributed by atoms with Crippen LogP contribution in [0.3, 0.4) is 0 Å². The first kappa shape index (κ1) is 10.1. The van der Waals surface area contributed by atoms with Crippen LogP contribution in [-0.2, 0) is 0 Å². The van der Waals surface area contributed by atoms with E-state index in [2.05, 4.69) is 10.1 Å². The van der Waals surface area contributed by atoms with Gasteiger partial charge in [-0.15, -0.1) is 0 Å². The van der Waals surface area contributed by atoms with Gasteiger partial charge in [0.15, 0.2) is 0 Å². The highest BCUT2D eigenvalue weighted by Gasteiger charge is 2.07. The molecule has 0 radical (unpaired) electrons. The highest BCUT2D eigenvalue weighted by Crippen LogP contribution is 2.27. The summed E-state index contributed by atoms with van der Waals surface area (Å²) < 4.78 is 1.66. The summed E-state index contributed by atoms with van der Waals surface area (Å²) >= 11 is 5.85. The van der Waals surface area contributed by atoms with Crippen LogP contribution < -0.4 is 5.73 Å². The molecule has 0 aliphatic carbocycles. The molecular formula is C12H9ClN4. The molecule has 0 saturated carbocycles. The number of rotatable bonds is 1. The molecular weight excluding hydrogens is 236 g/mol. The van der Waals surface area contributed by atoms with Gasteiger partial charge in [-0.25, -0.2) is 4.68 Å². The molecule has 0 spiro atoms. The lowest BCUT2D eigenvalue weighted by Gasteiger charge is -2.08. The van der Waals surface area contributed by atoms with E-state index in [1.54, 1.807) is 29.5 Å². The summed E-state index contributed by atoms with van der Waals surface area (Å²) in [6.07, 6.45) is 6.81. The van der Waals surface area contributed by atoms with Crippen LogP contribution in [0.4, 0.5) is 5.69 Å². The third-order valence-corrected chi connectivity index (χ3v) is 2.83. The number of benzene rings is 1. The number of hydrogen-bond acceptors (Lipinski definition) is 3. The quantitative estimate of drug-likeness (QED) is 0.670. The maximum absolute atomic E-state index is 6.13. The van der Waals surface area contributed by atoms with Crippen molar-refractivity contribution in [1.29, 1.82) is 0 Å². The van der Waals surface area contributed by atoms with Crippen LogP contribution in [0.5, 0.6) is 0 Å². The average molecular weight is 245 g/mol. The van der Waals surface area contributed by atoms with Gasteiger partial charge in [0.2, 0.25) is 0 Å². The average Bonchev–Trinajstić information content (AvgIpc) is 2.77. The van der Waals surface area contributed by atoms with Gasteiger partial charge in [0, 0.05) is 29.4 Å². The largest absolute Gasteiger partial charge is 0.396 e. The van der Waals surface area contributed by atoms with Gasteiger partial charge in [0.25, 0.3) is 0 Å². The van der Waals surface area contributed by atoms with Crippen molar-refractivity contribution in [3.05, 3.63) is 48.0 Å². The number of halogens is 1.